The number of aromatic nitrogens is 1. The van der Waals surface area contributed by atoms with Crippen LogP contribution < -0.4 is 5.73 Å². The first kappa shape index (κ1) is 12.8. The van der Waals surface area contributed by atoms with E-state index in [0.29, 0.717) is 24.5 Å². The molecule has 2 rings (SSSR count). The van der Waals surface area contributed by atoms with E-state index in [1.807, 2.05) is 6.92 Å². The van der Waals surface area contributed by atoms with E-state index in [1.54, 1.807) is 17.0 Å². The molecule has 3 N–H and O–H groups in total. The first-order valence-corrected chi connectivity index (χ1v) is 5.91. The van der Waals surface area contributed by atoms with Gasteiger partial charge in [-0.05, 0) is 19.1 Å². The van der Waals surface area contributed by atoms with Crippen molar-refractivity contribution in [3.05, 3.63) is 23.9 Å². The zero-order valence-electron chi connectivity index (χ0n) is 10.2. The molecule has 2 atom stereocenters. The van der Waals surface area contributed by atoms with Gasteiger partial charge >= 0.3 is 0 Å². The van der Waals surface area contributed by atoms with Gasteiger partial charge in [0.25, 0.3) is 5.91 Å². The van der Waals surface area contributed by atoms with Crippen molar-refractivity contribution in [2.24, 2.45) is 0 Å². The van der Waals surface area contributed by atoms with Crippen molar-refractivity contribution in [3.8, 4) is 0 Å². The first-order chi connectivity index (χ1) is 8.63. The summed E-state index contributed by atoms with van der Waals surface area (Å²) < 4.78 is 5.18. The van der Waals surface area contributed by atoms with Gasteiger partial charge in [-0.2, -0.15) is 0 Å². The molecule has 6 heteroatoms. The highest BCUT2D eigenvalue weighted by Gasteiger charge is 2.34. The van der Waals surface area contributed by atoms with Crippen LogP contribution in [0.4, 0.5) is 5.82 Å². The van der Waals surface area contributed by atoms with Crippen molar-refractivity contribution in [1.82, 2.24) is 9.88 Å². The monoisotopic (exact) mass is 251 g/mol. The van der Waals surface area contributed by atoms with Gasteiger partial charge in [-0.3, -0.25) is 4.79 Å². The van der Waals surface area contributed by atoms with Gasteiger partial charge in [0.2, 0.25) is 0 Å². The number of hydrogen-bond acceptors (Lipinski definition) is 5. The van der Waals surface area contributed by atoms with Crippen LogP contribution in [0.2, 0.25) is 0 Å². The first-order valence-electron chi connectivity index (χ1n) is 5.91. The molecule has 1 aromatic heterocycles. The maximum absolute atomic E-state index is 12.3. The molecule has 1 saturated heterocycles. The van der Waals surface area contributed by atoms with Crippen LogP contribution in [-0.4, -0.2) is 52.8 Å². The van der Waals surface area contributed by atoms with Gasteiger partial charge in [0.05, 0.1) is 30.9 Å². The number of nitrogen functional groups attached to an aromatic ring is 1. The second-order valence-electron chi connectivity index (χ2n) is 4.24. The summed E-state index contributed by atoms with van der Waals surface area (Å²) in [7, 11) is 0. The molecule has 2 heterocycles. The molecule has 1 aromatic rings. The lowest BCUT2D eigenvalue weighted by Crippen LogP contribution is -2.46. The number of rotatable bonds is 3. The van der Waals surface area contributed by atoms with Crippen molar-refractivity contribution in [2.45, 2.75) is 19.1 Å². The number of carbonyl (C=O) groups is 1. The minimum atomic E-state index is -0.629. The largest absolute Gasteiger partial charge is 0.388 e. The molecular weight excluding hydrogens is 234 g/mol. The van der Waals surface area contributed by atoms with Crippen LogP contribution in [0.5, 0.6) is 0 Å². The Hall–Kier alpha value is -1.66. The fraction of sp³-hybridized carbons (Fsp3) is 0.500. The predicted molar refractivity (Wildman–Crippen MR) is 66.0 cm³/mol. The molecule has 6 nitrogen and oxygen atoms in total. The average Bonchev–Trinajstić information content (AvgIpc) is 2.78. The highest BCUT2D eigenvalue weighted by molar-refractivity contribution is 5.94. The molecule has 0 spiro atoms. The van der Waals surface area contributed by atoms with Crippen LogP contribution in [0.25, 0.3) is 0 Å². The second-order valence-corrected chi connectivity index (χ2v) is 4.24. The maximum Gasteiger partial charge on any atom is 0.255 e. The summed E-state index contributed by atoms with van der Waals surface area (Å²) in [6.45, 7) is 3.01. The number of anilines is 1. The van der Waals surface area contributed by atoms with Gasteiger partial charge in [-0.1, -0.05) is 0 Å². The van der Waals surface area contributed by atoms with Crippen molar-refractivity contribution >= 4 is 11.7 Å². The number of aliphatic hydroxyl groups is 1. The summed E-state index contributed by atoms with van der Waals surface area (Å²) in [5.74, 6) is 0.207. The minimum absolute atomic E-state index is 0.167. The Morgan fingerprint density at radius 1 is 1.61 bits per heavy atom. The Labute approximate surface area is 105 Å². The van der Waals surface area contributed by atoms with Crippen molar-refractivity contribution in [3.63, 3.8) is 0 Å². The molecule has 0 radical (unpaired) electrons. The molecular formula is C12H17N3O3. The topological polar surface area (TPSA) is 88.7 Å². The van der Waals surface area contributed by atoms with E-state index in [2.05, 4.69) is 4.98 Å². The van der Waals surface area contributed by atoms with Crippen LogP contribution in [0.1, 0.15) is 17.3 Å². The Morgan fingerprint density at radius 2 is 2.39 bits per heavy atom. The summed E-state index contributed by atoms with van der Waals surface area (Å²) in [5, 5.41) is 9.78. The van der Waals surface area contributed by atoms with Crippen LogP contribution in [0.3, 0.4) is 0 Å². The summed E-state index contributed by atoms with van der Waals surface area (Å²) in [6, 6.07) is 2.93. The van der Waals surface area contributed by atoms with Crippen molar-refractivity contribution in [2.75, 3.05) is 25.5 Å². The number of aliphatic hydroxyl groups excluding tert-OH is 1. The van der Waals surface area contributed by atoms with E-state index < -0.39 is 6.10 Å². The second kappa shape index (κ2) is 5.32. The molecule has 98 valence electrons. The number of pyridine rings is 1. The normalized spacial score (nSPS) is 23.0. The highest BCUT2D eigenvalue weighted by Crippen LogP contribution is 2.16. The van der Waals surface area contributed by atoms with Crippen LogP contribution in [0.15, 0.2) is 18.3 Å². The molecule has 1 aliphatic rings. The van der Waals surface area contributed by atoms with Crippen LogP contribution in [-0.2, 0) is 4.74 Å². The van der Waals surface area contributed by atoms with E-state index in [4.69, 9.17) is 10.5 Å². The van der Waals surface area contributed by atoms with Gasteiger partial charge in [0, 0.05) is 12.7 Å². The fourth-order valence-corrected chi connectivity index (χ4v) is 2.06. The molecule has 0 aromatic carbocycles. The Kier molecular flexibility index (Phi) is 3.78. The van der Waals surface area contributed by atoms with Gasteiger partial charge in [-0.25, -0.2) is 4.98 Å². The van der Waals surface area contributed by atoms with Gasteiger partial charge in [0.1, 0.15) is 5.82 Å². The van der Waals surface area contributed by atoms with E-state index in [1.165, 1.54) is 6.20 Å². The Bertz CT molecular complexity index is 421. The van der Waals surface area contributed by atoms with E-state index in [-0.39, 0.29) is 18.6 Å². The van der Waals surface area contributed by atoms with Crippen molar-refractivity contribution in [1.29, 1.82) is 0 Å². The molecule has 0 unspecified atom stereocenters. The number of nitrogens with two attached hydrogens (primary N) is 1. The van der Waals surface area contributed by atoms with E-state index in [0.717, 1.165) is 0 Å². The molecule has 18 heavy (non-hydrogen) atoms. The average molecular weight is 251 g/mol. The van der Waals surface area contributed by atoms with Gasteiger partial charge in [0.15, 0.2) is 0 Å². The molecule has 0 bridgehead atoms. The number of ether oxygens (including phenoxy) is 1. The smallest absolute Gasteiger partial charge is 0.255 e. The predicted octanol–water partition coefficient (Wildman–Crippen LogP) is -0.114. The quantitative estimate of drug-likeness (QED) is 0.782. The lowest BCUT2D eigenvalue weighted by molar-refractivity contribution is 0.0520. The Morgan fingerprint density at radius 3 is 2.89 bits per heavy atom. The number of amides is 1. The SMILES string of the molecule is CCN(C(=O)c1ccc(N)nc1)[C@H]1COC[C@@H]1O. The fourth-order valence-electron chi connectivity index (χ4n) is 2.06. The van der Waals surface area contributed by atoms with Crippen LogP contribution >= 0.6 is 0 Å². The summed E-state index contributed by atoms with van der Waals surface area (Å²) in [6.07, 6.45) is 0.818. The lowest BCUT2D eigenvalue weighted by atomic mass is 10.1. The molecule has 1 fully saturated rings. The third kappa shape index (κ3) is 2.44. The maximum atomic E-state index is 12.3. The Balaban J connectivity index is 2.17. The third-order valence-corrected chi connectivity index (χ3v) is 3.06. The molecule has 1 amide bonds. The summed E-state index contributed by atoms with van der Waals surface area (Å²) in [5.41, 5.74) is 5.95. The van der Waals surface area contributed by atoms with Crippen LogP contribution in [0, 0.1) is 0 Å². The minimum Gasteiger partial charge on any atom is -0.388 e. The van der Waals surface area contributed by atoms with Gasteiger partial charge in [-0.15, -0.1) is 0 Å². The van der Waals surface area contributed by atoms with E-state index >= 15 is 0 Å². The summed E-state index contributed by atoms with van der Waals surface area (Å²) >= 11 is 0. The zero-order chi connectivity index (χ0) is 13.1. The van der Waals surface area contributed by atoms with Gasteiger partial charge < -0.3 is 20.5 Å². The molecule has 1 aliphatic heterocycles. The third-order valence-electron chi connectivity index (χ3n) is 3.06. The lowest BCUT2D eigenvalue weighted by Gasteiger charge is -2.28. The standard InChI is InChI=1S/C12H17N3O3/c1-2-15(9-6-18-7-10(9)16)12(17)8-3-4-11(13)14-5-8/h3-5,9-10,16H,2,6-7H2,1H3,(H2,13,14)/t9-,10-/m0/s1. The van der Waals surface area contributed by atoms with E-state index in [9.17, 15) is 9.90 Å². The zero-order valence-corrected chi connectivity index (χ0v) is 10.2. The molecule has 0 aliphatic carbocycles. The number of likely N-dealkylation sites (N-methyl/N-ethyl adjacent to an activating group) is 1. The number of nitrogens with zero attached hydrogens (tertiary/aromatic N) is 2. The van der Waals surface area contributed by atoms with Crippen molar-refractivity contribution < 1.29 is 14.6 Å². The summed E-state index contributed by atoms with van der Waals surface area (Å²) in [4.78, 5) is 17.8. The molecule has 0 saturated carbocycles. The number of hydrogen-bond donors (Lipinski definition) is 2. The highest BCUT2D eigenvalue weighted by atomic mass is 16.5. The number of carbonyl (C=O) groups excluding carboxylic acids is 1.